The Morgan fingerprint density at radius 1 is 1.33 bits per heavy atom. The number of hydrogen-bond acceptors (Lipinski definition) is 2. The molecule has 1 rings (SSSR count). The molecule has 0 bridgehead atoms. The fraction of sp³-hybridized carbons (Fsp3) is 0. The monoisotopic (exact) mass is 79.0 g/mol. The van der Waals surface area contributed by atoms with Gasteiger partial charge in [0.2, 0.25) is 0 Å². The van der Waals surface area contributed by atoms with E-state index in [4.69, 9.17) is 0 Å². The maximum atomic E-state index is 3.67. The van der Waals surface area contributed by atoms with E-state index in [-0.39, 0.29) is 0 Å². The number of nitrogens with zero attached hydrogens (tertiary/aromatic N) is 2. The van der Waals surface area contributed by atoms with Crippen LogP contribution in [0.25, 0.3) is 0 Å². The van der Waals surface area contributed by atoms with Gasteiger partial charge in [-0.25, -0.2) is 0 Å². The van der Waals surface area contributed by atoms with Gasteiger partial charge in [-0.2, -0.15) is 0 Å². The van der Waals surface area contributed by atoms with E-state index in [1.54, 1.807) is 12.4 Å². The fourth-order valence-electron chi connectivity index (χ4n) is 0.225. The third-order valence-electron chi connectivity index (χ3n) is 0.434. The lowest BCUT2D eigenvalue weighted by molar-refractivity contribution is 1.19. The largest absolute Gasteiger partial charge is 0.261 e. The summed E-state index contributed by atoms with van der Waals surface area (Å²) in [6.07, 6.45) is 7.24. The Bertz CT molecular complexity index is 77.5. The molecule has 1 aromatic heterocycles. The minimum absolute atomic E-state index is 1.51. The van der Waals surface area contributed by atoms with Gasteiger partial charge in [-0.15, -0.1) is 0 Å². The zero-order chi connectivity index (χ0) is 4.24. The van der Waals surface area contributed by atoms with Gasteiger partial charge in [0, 0.05) is 12.4 Å². The highest BCUT2D eigenvalue weighted by atomic mass is 14.7. The Morgan fingerprint density at radius 3 is 2.50 bits per heavy atom. The molecule has 0 unspecified atom stereocenters. The third-order valence-corrected chi connectivity index (χ3v) is 0.434. The van der Waals surface area contributed by atoms with Crippen LogP contribution in [0.4, 0.5) is 0 Å². The summed E-state index contributed by atoms with van der Waals surface area (Å²) in [5.74, 6) is 0. The van der Waals surface area contributed by atoms with E-state index < -0.39 is 0 Å². The molecular weight excluding hydrogens is 76.1 g/mol. The molecule has 0 N–H and O–H groups in total. The smallest absolute Gasteiger partial charge is 0.108 e. The molecular formula is C4H3N2. The summed E-state index contributed by atoms with van der Waals surface area (Å²) in [6, 6.07) is 0. The van der Waals surface area contributed by atoms with Gasteiger partial charge < -0.3 is 0 Å². The number of hydrogen-bond donors (Lipinski definition) is 0. The van der Waals surface area contributed by atoms with Crippen molar-refractivity contribution in [3.63, 3.8) is 0 Å². The van der Waals surface area contributed by atoms with E-state index in [2.05, 4.69) is 16.2 Å². The first-order chi connectivity index (χ1) is 3.00. The van der Waals surface area contributed by atoms with Crippen LogP contribution in [0.1, 0.15) is 0 Å². The fourth-order valence-corrected chi connectivity index (χ4v) is 0.225. The molecule has 0 aliphatic heterocycles. The van der Waals surface area contributed by atoms with Crippen molar-refractivity contribution in [3.8, 4) is 0 Å². The van der Waals surface area contributed by atoms with E-state index in [9.17, 15) is 0 Å². The van der Waals surface area contributed by atoms with Crippen molar-refractivity contribution < 1.29 is 0 Å². The number of rotatable bonds is 0. The lowest BCUT2D eigenvalue weighted by atomic mass is 10.8. The molecule has 2 nitrogen and oxygen atoms in total. The van der Waals surface area contributed by atoms with Crippen molar-refractivity contribution in [3.05, 3.63) is 24.8 Å². The van der Waals surface area contributed by atoms with Crippen LogP contribution >= 0.6 is 0 Å². The lowest BCUT2D eigenvalue weighted by Gasteiger charge is -1.68. The Balaban J connectivity index is 3.00. The Hall–Kier alpha value is -0.920. The van der Waals surface area contributed by atoms with Gasteiger partial charge in [0.25, 0.3) is 0 Å². The van der Waals surface area contributed by atoms with Crippen LogP contribution in [-0.4, -0.2) is 9.97 Å². The van der Waals surface area contributed by atoms with Crippen LogP contribution in [0.3, 0.4) is 0 Å². The molecule has 0 spiro atoms. The van der Waals surface area contributed by atoms with Gasteiger partial charge in [0.1, 0.15) is 6.20 Å². The van der Waals surface area contributed by atoms with Crippen LogP contribution in [0.15, 0.2) is 18.6 Å². The highest BCUT2D eigenvalue weighted by Crippen LogP contribution is 1.64. The van der Waals surface area contributed by atoms with E-state index in [0.29, 0.717) is 0 Å². The lowest BCUT2D eigenvalue weighted by Crippen LogP contribution is -1.67. The summed E-state index contributed by atoms with van der Waals surface area (Å²) in [6.45, 7) is 0. The topological polar surface area (TPSA) is 25.8 Å². The number of aromatic nitrogens is 2. The van der Waals surface area contributed by atoms with Crippen LogP contribution in [0.5, 0.6) is 0 Å². The molecule has 0 saturated heterocycles. The van der Waals surface area contributed by atoms with Crippen molar-refractivity contribution in [2.45, 2.75) is 0 Å². The summed E-state index contributed by atoms with van der Waals surface area (Å²) in [5, 5.41) is 0. The molecule has 0 aliphatic rings. The first-order valence-corrected chi connectivity index (χ1v) is 1.62. The third kappa shape index (κ3) is 0.516. The minimum atomic E-state index is 1.51. The molecule has 0 aromatic carbocycles. The molecule has 0 saturated carbocycles. The van der Waals surface area contributed by atoms with Crippen molar-refractivity contribution in [1.82, 2.24) is 9.97 Å². The molecule has 0 fully saturated rings. The second-order valence-electron chi connectivity index (χ2n) is 0.835. The summed E-state index contributed by atoms with van der Waals surface area (Å²) >= 11 is 0. The highest BCUT2D eigenvalue weighted by molar-refractivity contribution is 4.68. The first-order valence-electron chi connectivity index (χ1n) is 1.62. The zero-order valence-electron chi connectivity index (χ0n) is 3.13. The molecule has 1 heterocycles. The molecule has 1 aromatic rings. The second kappa shape index (κ2) is 1.50. The van der Waals surface area contributed by atoms with Crippen molar-refractivity contribution in [2.24, 2.45) is 0 Å². The van der Waals surface area contributed by atoms with Gasteiger partial charge in [-0.05, 0) is 0 Å². The minimum Gasteiger partial charge on any atom is -0.261 e. The predicted octanol–water partition coefficient (Wildman–Crippen LogP) is 0.277. The quantitative estimate of drug-likeness (QED) is 0.446. The van der Waals surface area contributed by atoms with E-state index in [1.165, 1.54) is 6.20 Å². The maximum absolute atomic E-state index is 3.67. The summed E-state index contributed by atoms with van der Waals surface area (Å²) in [5.41, 5.74) is 0. The molecule has 0 atom stereocenters. The molecule has 29 valence electrons. The molecule has 0 aliphatic carbocycles. The summed E-state index contributed by atoms with van der Waals surface area (Å²) in [7, 11) is 0. The maximum Gasteiger partial charge on any atom is 0.108 e. The SMILES string of the molecule is [c]1cnccn1. The van der Waals surface area contributed by atoms with Gasteiger partial charge in [-0.3, -0.25) is 9.97 Å². The van der Waals surface area contributed by atoms with E-state index in [1.807, 2.05) is 0 Å². The first kappa shape index (κ1) is 3.28. The summed E-state index contributed by atoms with van der Waals surface area (Å²) < 4.78 is 0. The van der Waals surface area contributed by atoms with Crippen molar-refractivity contribution in [1.29, 1.82) is 0 Å². The van der Waals surface area contributed by atoms with Crippen LogP contribution < -0.4 is 0 Å². The Morgan fingerprint density at radius 2 is 2.33 bits per heavy atom. The predicted molar refractivity (Wildman–Crippen MR) is 20.9 cm³/mol. The van der Waals surface area contributed by atoms with E-state index in [0.717, 1.165) is 0 Å². The molecule has 0 amide bonds. The summed E-state index contributed by atoms with van der Waals surface area (Å²) in [4.78, 5) is 7.26. The normalized spacial score (nSPS) is 8.00. The zero-order valence-corrected chi connectivity index (χ0v) is 3.13. The van der Waals surface area contributed by atoms with E-state index >= 15 is 0 Å². The second-order valence-corrected chi connectivity index (χ2v) is 0.835. The van der Waals surface area contributed by atoms with Crippen molar-refractivity contribution >= 4 is 0 Å². The Labute approximate surface area is 35.9 Å². The molecule has 2 heteroatoms. The van der Waals surface area contributed by atoms with Crippen LogP contribution in [0.2, 0.25) is 0 Å². The van der Waals surface area contributed by atoms with Gasteiger partial charge >= 0.3 is 0 Å². The average molecular weight is 79.1 g/mol. The average Bonchev–Trinajstić information content (AvgIpc) is 1.72. The van der Waals surface area contributed by atoms with Gasteiger partial charge in [0.05, 0.1) is 6.20 Å². The van der Waals surface area contributed by atoms with Gasteiger partial charge in [-0.1, -0.05) is 0 Å². The highest BCUT2D eigenvalue weighted by Gasteiger charge is 1.60. The van der Waals surface area contributed by atoms with Gasteiger partial charge in [0.15, 0.2) is 0 Å². The standard InChI is InChI=1S/C4H3N2/c1-2-6-4-3-5-1/h1-3H. The van der Waals surface area contributed by atoms with Crippen LogP contribution in [0, 0.1) is 6.20 Å². The van der Waals surface area contributed by atoms with Crippen LogP contribution in [-0.2, 0) is 0 Å². The van der Waals surface area contributed by atoms with Crippen molar-refractivity contribution in [2.75, 3.05) is 0 Å². The molecule has 1 radical (unpaired) electrons. The Kier molecular flexibility index (Phi) is 0.819. The molecule has 6 heavy (non-hydrogen) atoms.